The summed E-state index contributed by atoms with van der Waals surface area (Å²) in [4.78, 5) is 7.64. The first-order valence-electron chi connectivity index (χ1n) is 6.04. The summed E-state index contributed by atoms with van der Waals surface area (Å²) >= 11 is 6.02. The van der Waals surface area contributed by atoms with Crippen molar-refractivity contribution in [2.24, 2.45) is 27.2 Å². The fraction of sp³-hybridized carbons (Fsp3) is 0.231. The van der Waals surface area contributed by atoms with Gasteiger partial charge >= 0.3 is 0 Å². The number of fused-ring (bicyclic) bond motifs is 1. The molecule has 0 bridgehead atoms. The van der Waals surface area contributed by atoms with Crippen LogP contribution >= 0.6 is 11.6 Å². The third kappa shape index (κ3) is 3.27. The van der Waals surface area contributed by atoms with Gasteiger partial charge in [-0.2, -0.15) is 4.99 Å². The normalized spacial score (nSPS) is 13.9. The number of halogens is 2. The highest BCUT2D eigenvalue weighted by molar-refractivity contribution is 6.31. The molecule has 0 saturated carbocycles. The molecule has 20 heavy (non-hydrogen) atoms. The Balaban J connectivity index is 2.07. The number of allylic oxidation sites excluding steroid dienone is 1. The lowest BCUT2D eigenvalue weighted by molar-refractivity contribution is 0.627. The first-order valence-corrected chi connectivity index (χ1v) is 6.42. The van der Waals surface area contributed by atoms with Crippen LogP contribution in [0.2, 0.25) is 5.02 Å². The van der Waals surface area contributed by atoms with Gasteiger partial charge in [-0.3, -0.25) is 4.99 Å². The van der Waals surface area contributed by atoms with E-state index in [2.05, 4.69) is 9.98 Å². The molecule has 0 heterocycles. The zero-order valence-electron chi connectivity index (χ0n) is 10.7. The average molecular weight is 296 g/mol. The highest BCUT2D eigenvalue weighted by Gasteiger charge is 2.17. The van der Waals surface area contributed by atoms with E-state index < -0.39 is 0 Å². The van der Waals surface area contributed by atoms with Crippen molar-refractivity contribution in [3.8, 4) is 0 Å². The van der Waals surface area contributed by atoms with E-state index in [4.69, 9.17) is 28.8 Å². The van der Waals surface area contributed by atoms with Gasteiger partial charge in [-0.05, 0) is 41.7 Å². The third-order valence-corrected chi connectivity index (χ3v) is 3.29. The molecule has 0 aliphatic heterocycles. The molecule has 106 valence electrons. The van der Waals surface area contributed by atoms with Gasteiger partial charge in [0.2, 0.25) is 5.96 Å². The van der Waals surface area contributed by atoms with Crippen LogP contribution in [0.3, 0.4) is 0 Å². The Morgan fingerprint density at radius 1 is 1.30 bits per heavy atom. The Bertz CT molecular complexity index is 617. The SMILES string of the molecule is NC(N)=NC(N)=NCCC1=CCc2c(Cl)cc(F)cc21. The molecule has 0 aromatic heterocycles. The molecule has 0 spiro atoms. The minimum Gasteiger partial charge on any atom is -0.370 e. The summed E-state index contributed by atoms with van der Waals surface area (Å²) in [6, 6.07) is 2.81. The van der Waals surface area contributed by atoms with Gasteiger partial charge < -0.3 is 17.2 Å². The summed E-state index contributed by atoms with van der Waals surface area (Å²) in [5.41, 5.74) is 18.7. The predicted octanol–water partition coefficient (Wildman–Crippen LogP) is 1.40. The Labute approximate surface area is 121 Å². The quantitative estimate of drug-likeness (QED) is 0.580. The van der Waals surface area contributed by atoms with Crippen LogP contribution in [0, 0.1) is 5.82 Å². The first-order chi connectivity index (χ1) is 9.47. The number of aliphatic imine (C=N–C) groups is 2. The Morgan fingerprint density at radius 2 is 2.05 bits per heavy atom. The zero-order valence-corrected chi connectivity index (χ0v) is 11.5. The van der Waals surface area contributed by atoms with Gasteiger partial charge in [-0.15, -0.1) is 0 Å². The van der Waals surface area contributed by atoms with Crippen LogP contribution in [-0.2, 0) is 6.42 Å². The summed E-state index contributed by atoms with van der Waals surface area (Å²) in [6.07, 6.45) is 3.34. The number of nitrogens with zero attached hydrogens (tertiary/aromatic N) is 2. The summed E-state index contributed by atoms with van der Waals surface area (Å²) in [6.45, 7) is 0.419. The maximum atomic E-state index is 13.4. The molecule has 0 saturated heterocycles. The Morgan fingerprint density at radius 3 is 2.75 bits per heavy atom. The van der Waals surface area contributed by atoms with E-state index >= 15 is 0 Å². The van der Waals surface area contributed by atoms with Gasteiger partial charge in [0.05, 0.1) is 0 Å². The molecule has 5 nitrogen and oxygen atoms in total. The molecule has 0 unspecified atom stereocenters. The topological polar surface area (TPSA) is 103 Å². The fourth-order valence-corrected chi connectivity index (χ4v) is 2.41. The second-order valence-electron chi connectivity index (χ2n) is 4.37. The number of hydrogen-bond acceptors (Lipinski definition) is 1. The van der Waals surface area contributed by atoms with Gasteiger partial charge in [-0.1, -0.05) is 17.7 Å². The maximum Gasteiger partial charge on any atom is 0.218 e. The molecule has 1 aliphatic carbocycles. The minimum absolute atomic E-state index is 0.0288. The van der Waals surface area contributed by atoms with Crippen LogP contribution in [0.1, 0.15) is 17.5 Å². The molecule has 6 N–H and O–H groups in total. The first kappa shape index (κ1) is 14.3. The van der Waals surface area contributed by atoms with Gasteiger partial charge in [-0.25, -0.2) is 4.39 Å². The minimum atomic E-state index is -0.343. The van der Waals surface area contributed by atoms with Crippen molar-refractivity contribution >= 4 is 29.1 Å². The van der Waals surface area contributed by atoms with Crippen molar-refractivity contribution in [3.63, 3.8) is 0 Å². The second-order valence-corrected chi connectivity index (χ2v) is 4.78. The molecule has 0 fully saturated rings. The fourth-order valence-electron chi connectivity index (χ4n) is 2.13. The van der Waals surface area contributed by atoms with Crippen LogP contribution in [-0.4, -0.2) is 18.5 Å². The van der Waals surface area contributed by atoms with Crippen LogP contribution in [0.15, 0.2) is 28.2 Å². The zero-order chi connectivity index (χ0) is 14.7. The molecule has 1 aromatic carbocycles. The molecule has 0 atom stereocenters. The number of benzene rings is 1. The van der Waals surface area contributed by atoms with Gasteiger partial charge in [0.1, 0.15) is 5.82 Å². The molecular formula is C13H15ClFN5. The lowest BCUT2D eigenvalue weighted by Crippen LogP contribution is -2.26. The Kier molecular flexibility index (Phi) is 4.24. The molecule has 0 radical (unpaired) electrons. The van der Waals surface area contributed by atoms with Gasteiger partial charge in [0, 0.05) is 11.6 Å². The highest BCUT2D eigenvalue weighted by atomic mass is 35.5. The third-order valence-electron chi connectivity index (χ3n) is 2.96. The van der Waals surface area contributed by atoms with Crippen LogP contribution in [0.5, 0.6) is 0 Å². The molecule has 1 aromatic rings. The summed E-state index contributed by atoms with van der Waals surface area (Å²) in [7, 11) is 0. The number of nitrogens with two attached hydrogens (primary N) is 3. The number of guanidine groups is 2. The van der Waals surface area contributed by atoms with Crippen molar-refractivity contribution < 1.29 is 4.39 Å². The molecule has 1 aliphatic rings. The average Bonchev–Trinajstić information content (AvgIpc) is 2.71. The van der Waals surface area contributed by atoms with E-state index in [-0.39, 0.29) is 17.7 Å². The van der Waals surface area contributed by atoms with Gasteiger partial charge in [0.25, 0.3) is 0 Å². The van der Waals surface area contributed by atoms with Crippen LogP contribution in [0.25, 0.3) is 5.57 Å². The van der Waals surface area contributed by atoms with Crippen LogP contribution in [0.4, 0.5) is 4.39 Å². The monoisotopic (exact) mass is 295 g/mol. The van der Waals surface area contributed by atoms with Crippen molar-refractivity contribution in [2.45, 2.75) is 12.8 Å². The van der Waals surface area contributed by atoms with Gasteiger partial charge in [0.15, 0.2) is 5.96 Å². The van der Waals surface area contributed by atoms with Crippen LogP contribution < -0.4 is 17.2 Å². The molecule has 0 amide bonds. The van der Waals surface area contributed by atoms with Crippen molar-refractivity contribution in [2.75, 3.05) is 6.54 Å². The summed E-state index contributed by atoms with van der Waals surface area (Å²) in [5, 5.41) is 0.453. The summed E-state index contributed by atoms with van der Waals surface area (Å²) < 4.78 is 13.4. The van der Waals surface area contributed by atoms with E-state index in [1.165, 1.54) is 12.1 Å². The van der Waals surface area contributed by atoms with Crippen molar-refractivity contribution in [1.29, 1.82) is 0 Å². The van der Waals surface area contributed by atoms with E-state index in [9.17, 15) is 4.39 Å². The maximum absolute atomic E-state index is 13.4. The molecule has 2 rings (SSSR count). The van der Waals surface area contributed by atoms with E-state index in [1.54, 1.807) is 0 Å². The predicted molar refractivity (Wildman–Crippen MR) is 80.0 cm³/mol. The standard InChI is InChI=1S/C13H15ClFN5/c14-11-6-8(15)5-10-7(1-2-9(10)11)3-4-19-13(18)20-12(16)17/h1,5-6H,2-4H2,(H6,16,17,18,19,20). The highest BCUT2D eigenvalue weighted by Crippen LogP contribution is 2.35. The van der Waals surface area contributed by atoms with Crippen molar-refractivity contribution in [3.05, 3.63) is 40.2 Å². The van der Waals surface area contributed by atoms with Crippen molar-refractivity contribution in [1.82, 2.24) is 0 Å². The largest absolute Gasteiger partial charge is 0.370 e. The smallest absolute Gasteiger partial charge is 0.218 e. The van der Waals surface area contributed by atoms with E-state index in [1.807, 2.05) is 6.08 Å². The number of rotatable bonds is 3. The lowest BCUT2D eigenvalue weighted by atomic mass is 10.0. The lowest BCUT2D eigenvalue weighted by Gasteiger charge is -2.06. The van der Waals surface area contributed by atoms with E-state index in [0.717, 1.165) is 16.7 Å². The number of hydrogen-bond donors (Lipinski definition) is 3. The Hall–Kier alpha value is -2.08. The molecule has 7 heteroatoms. The second kappa shape index (κ2) is 5.92. The molecular weight excluding hydrogens is 281 g/mol. The van der Waals surface area contributed by atoms with E-state index in [0.29, 0.717) is 24.4 Å². The summed E-state index contributed by atoms with van der Waals surface area (Å²) in [5.74, 6) is -0.448.